The maximum absolute atomic E-state index is 12.5. The number of aromatic nitrogens is 2. The first-order valence-electron chi connectivity index (χ1n) is 7.46. The minimum Gasteiger partial charge on any atom is -0.465 e. The number of benzene rings is 1. The molecule has 0 fully saturated rings. The Morgan fingerprint density at radius 2 is 2.15 bits per heavy atom. The van der Waals surface area contributed by atoms with E-state index in [9.17, 15) is 13.2 Å². The lowest BCUT2D eigenvalue weighted by Gasteiger charge is -2.08. The van der Waals surface area contributed by atoms with Crippen molar-refractivity contribution in [1.29, 1.82) is 0 Å². The van der Waals surface area contributed by atoms with Crippen LogP contribution in [-0.4, -0.2) is 31.6 Å². The second-order valence-corrected chi connectivity index (χ2v) is 8.00. The van der Waals surface area contributed by atoms with Crippen molar-refractivity contribution in [1.82, 2.24) is 14.9 Å². The van der Waals surface area contributed by atoms with Crippen LogP contribution in [0.5, 0.6) is 0 Å². The average Bonchev–Trinajstić information content (AvgIpc) is 3.31. The highest BCUT2D eigenvalue weighted by molar-refractivity contribution is 7.89. The maximum atomic E-state index is 12.5. The van der Waals surface area contributed by atoms with E-state index in [4.69, 9.17) is 4.52 Å². The molecule has 136 valence electrons. The van der Waals surface area contributed by atoms with Crippen molar-refractivity contribution < 1.29 is 22.5 Å². The molecule has 0 amide bonds. The molecule has 0 saturated carbocycles. The van der Waals surface area contributed by atoms with Crippen LogP contribution in [0.2, 0.25) is 0 Å². The molecule has 0 aliphatic rings. The first-order valence-corrected chi connectivity index (χ1v) is 9.82. The van der Waals surface area contributed by atoms with E-state index in [0.29, 0.717) is 11.4 Å². The van der Waals surface area contributed by atoms with E-state index in [1.165, 1.54) is 30.6 Å². The number of nitrogens with one attached hydrogen (secondary N) is 1. The summed E-state index contributed by atoms with van der Waals surface area (Å²) in [6.45, 7) is 1.53. The van der Waals surface area contributed by atoms with Gasteiger partial charge in [0.2, 0.25) is 21.7 Å². The molecule has 0 atom stereocenters. The van der Waals surface area contributed by atoms with E-state index in [1.54, 1.807) is 13.0 Å². The fourth-order valence-electron chi connectivity index (χ4n) is 2.17. The van der Waals surface area contributed by atoms with Gasteiger partial charge in [0.1, 0.15) is 0 Å². The molecule has 8 nitrogen and oxygen atoms in total. The number of rotatable bonds is 6. The lowest BCUT2D eigenvalue weighted by atomic mass is 10.1. The number of thiophene rings is 1. The van der Waals surface area contributed by atoms with Crippen molar-refractivity contribution in [3.8, 4) is 10.7 Å². The Morgan fingerprint density at radius 1 is 1.35 bits per heavy atom. The number of ether oxygens (including phenoxy) is 1. The van der Waals surface area contributed by atoms with Gasteiger partial charge < -0.3 is 9.26 Å². The molecule has 0 radical (unpaired) electrons. The molecule has 0 saturated heterocycles. The number of hydrogen-bond donors (Lipinski definition) is 1. The molecule has 26 heavy (non-hydrogen) atoms. The van der Waals surface area contributed by atoms with Crippen LogP contribution in [0.25, 0.3) is 10.7 Å². The number of esters is 1. The van der Waals surface area contributed by atoms with Crippen LogP contribution in [0.1, 0.15) is 21.8 Å². The summed E-state index contributed by atoms with van der Waals surface area (Å²) in [4.78, 5) is 16.7. The maximum Gasteiger partial charge on any atom is 0.338 e. The van der Waals surface area contributed by atoms with Crippen molar-refractivity contribution in [2.45, 2.75) is 18.4 Å². The Bertz CT molecular complexity index is 1030. The van der Waals surface area contributed by atoms with E-state index in [2.05, 4.69) is 19.6 Å². The number of aryl methyl sites for hydroxylation is 1. The Hall–Kier alpha value is -2.56. The summed E-state index contributed by atoms with van der Waals surface area (Å²) in [5.41, 5.74) is 0.807. The van der Waals surface area contributed by atoms with Gasteiger partial charge in [0.05, 0.1) is 29.0 Å². The summed E-state index contributed by atoms with van der Waals surface area (Å²) in [6, 6.07) is 7.92. The second-order valence-electron chi connectivity index (χ2n) is 5.28. The molecule has 1 aromatic carbocycles. The highest BCUT2D eigenvalue weighted by Crippen LogP contribution is 2.21. The van der Waals surface area contributed by atoms with Crippen molar-refractivity contribution in [3.63, 3.8) is 0 Å². The molecule has 3 aromatic rings. The standard InChI is InChI=1S/C16H15N3O5S2/c1-10-5-6-11(8-12(10)16(20)23-2)26(21,22)17-9-14-18-15(19-24-14)13-4-3-7-25-13/h3-8,17H,9H2,1-2H3. The lowest BCUT2D eigenvalue weighted by Crippen LogP contribution is -2.24. The number of carbonyl (C=O) groups excluding carboxylic acids is 1. The van der Waals surface area contributed by atoms with Crippen LogP contribution >= 0.6 is 11.3 Å². The molecule has 0 aliphatic heterocycles. The third-order valence-electron chi connectivity index (χ3n) is 3.55. The third-order valence-corrected chi connectivity index (χ3v) is 5.81. The first kappa shape index (κ1) is 18.2. The molecule has 10 heteroatoms. The van der Waals surface area contributed by atoms with E-state index < -0.39 is 16.0 Å². The molecule has 0 unspecified atom stereocenters. The highest BCUT2D eigenvalue weighted by atomic mass is 32.2. The molecule has 0 bridgehead atoms. The van der Waals surface area contributed by atoms with Gasteiger partial charge in [-0.1, -0.05) is 17.3 Å². The monoisotopic (exact) mass is 393 g/mol. The fourth-order valence-corrected chi connectivity index (χ4v) is 3.82. The third kappa shape index (κ3) is 3.82. The van der Waals surface area contributed by atoms with E-state index in [1.807, 2.05) is 17.5 Å². The Balaban J connectivity index is 1.76. The lowest BCUT2D eigenvalue weighted by molar-refractivity contribution is 0.0599. The normalized spacial score (nSPS) is 11.5. The quantitative estimate of drug-likeness (QED) is 0.640. The van der Waals surface area contributed by atoms with Crippen LogP contribution in [0.15, 0.2) is 45.1 Å². The molecular formula is C16H15N3O5S2. The molecule has 0 aliphatic carbocycles. The van der Waals surface area contributed by atoms with Crippen molar-refractivity contribution in [2.75, 3.05) is 7.11 Å². The van der Waals surface area contributed by atoms with Gasteiger partial charge in [0.15, 0.2) is 0 Å². The van der Waals surface area contributed by atoms with Gasteiger partial charge in [-0.05, 0) is 36.1 Å². The Morgan fingerprint density at radius 3 is 2.85 bits per heavy atom. The van der Waals surface area contributed by atoms with Crippen molar-refractivity contribution >= 4 is 27.3 Å². The molecule has 2 aromatic heterocycles. The van der Waals surface area contributed by atoms with Gasteiger partial charge in [-0.3, -0.25) is 0 Å². The second kappa shape index (κ2) is 7.36. The van der Waals surface area contributed by atoms with E-state index >= 15 is 0 Å². The number of hydrogen-bond acceptors (Lipinski definition) is 8. The smallest absolute Gasteiger partial charge is 0.338 e. The van der Waals surface area contributed by atoms with Crippen LogP contribution in [0.4, 0.5) is 0 Å². The molecule has 2 heterocycles. The predicted molar refractivity (Wildman–Crippen MR) is 94.2 cm³/mol. The number of methoxy groups -OCH3 is 1. The fraction of sp³-hybridized carbons (Fsp3) is 0.188. The zero-order chi connectivity index (χ0) is 18.7. The van der Waals surface area contributed by atoms with Crippen LogP contribution in [0, 0.1) is 6.92 Å². The van der Waals surface area contributed by atoms with Gasteiger partial charge in [0.25, 0.3) is 0 Å². The number of sulfonamides is 1. The summed E-state index contributed by atoms with van der Waals surface area (Å²) >= 11 is 1.45. The predicted octanol–water partition coefficient (Wildman–Crippen LogP) is 2.37. The molecular weight excluding hydrogens is 378 g/mol. The van der Waals surface area contributed by atoms with Crippen LogP contribution in [-0.2, 0) is 21.3 Å². The topological polar surface area (TPSA) is 111 Å². The van der Waals surface area contributed by atoms with Crippen molar-refractivity contribution in [2.24, 2.45) is 0 Å². The van der Waals surface area contributed by atoms with Gasteiger partial charge in [-0.15, -0.1) is 11.3 Å². The number of nitrogens with zero attached hydrogens (tertiary/aromatic N) is 2. The summed E-state index contributed by atoms with van der Waals surface area (Å²) in [5.74, 6) is -0.0631. The Labute approximate surface area is 153 Å². The average molecular weight is 393 g/mol. The highest BCUT2D eigenvalue weighted by Gasteiger charge is 2.19. The Kier molecular flexibility index (Phi) is 5.16. The summed E-state index contributed by atoms with van der Waals surface area (Å²) in [6.07, 6.45) is 0. The minimum atomic E-state index is -3.87. The zero-order valence-electron chi connectivity index (χ0n) is 13.9. The number of carbonyl (C=O) groups is 1. The molecule has 3 rings (SSSR count). The van der Waals surface area contributed by atoms with Gasteiger partial charge in [0, 0.05) is 0 Å². The van der Waals surface area contributed by atoms with Gasteiger partial charge >= 0.3 is 5.97 Å². The van der Waals surface area contributed by atoms with Gasteiger partial charge in [-0.25, -0.2) is 17.9 Å². The van der Waals surface area contributed by atoms with E-state index in [-0.39, 0.29) is 22.9 Å². The summed E-state index contributed by atoms with van der Waals surface area (Å²) in [7, 11) is -2.63. The van der Waals surface area contributed by atoms with Crippen molar-refractivity contribution in [3.05, 3.63) is 52.7 Å². The summed E-state index contributed by atoms with van der Waals surface area (Å²) < 4.78 is 37.0. The minimum absolute atomic E-state index is 0.0542. The zero-order valence-corrected chi connectivity index (χ0v) is 15.6. The van der Waals surface area contributed by atoms with Crippen LogP contribution < -0.4 is 4.72 Å². The van der Waals surface area contributed by atoms with Crippen LogP contribution in [0.3, 0.4) is 0 Å². The molecule has 1 N–H and O–H groups in total. The van der Waals surface area contributed by atoms with Gasteiger partial charge in [-0.2, -0.15) is 4.98 Å². The SMILES string of the molecule is COC(=O)c1cc(S(=O)(=O)NCc2nc(-c3cccs3)no2)ccc1C. The summed E-state index contributed by atoms with van der Waals surface area (Å²) in [5, 5.41) is 5.70. The van der Waals surface area contributed by atoms with E-state index in [0.717, 1.165) is 4.88 Å². The molecule has 0 spiro atoms. The largest absolute Gasteiger partial charge is 0.465 e. The first-order chi connectivity index (χ1) is 12.4.